The van der Waals surface area contributed by atoms with E-state index in [0.717, 1.165) is 0 Å². The van der Waals surface area contributed by atoms with Crippen molar-refractivity contribution in [2.75, 3.05) is 0 Å². The Hall–Kier alpha value is -0.330. The number of carbonyl (C=O) groups excluding carboxylic acids is 1. The molecule has 0 bridgehead atoms. The van der Waals surface area contributed by atoms with Gasteiger partial charge in [0.15, 0.2) is 0 Å². The molecule has 0 saturated carbocycles. The molecule has 4 heavy (non-hydrogen) atoms. The molecule has 0 aromatic heterocycles. The molecule has 0 N–H and O–H groups in total. The van der Waals surface area contributed by atoms with E-state index < -0.39 is 6.37 Å². The number of carbonyl (C=O) groups is 1. The van der Waals surface area contributed by atoms with Gasteiger partial charge in [-0.15, -0.1) is 0 Å². The Morgan fingerprint density at radius 3 is 2.75 bits per heavy atom. The smallest absolute Gasteiger partial charge is 0.119 e. The zero-order valence-corrected chi connectivity index (χ0v) is 2.49. The second-order valence-corrected chi connectivity index (χ2v) is 0.407. The molecule has 0 fully saturated rings. The maximum atomic E-state index is 9.45. The van der Waals surface area contributed by atoms with Crippen molar-refractivity contribution < 1.29 is 7.54 Å². The van der Waals surface area contributed by atoms with Crippen LogP contribution in [0.2, 0.25) is 0 Å². The molecule has 0 aliphatic carbocycles. The minimum absolute atomic E-state index is 0.271. The zero-order chi connectivity index (χ0) is 5.21. The van der Waals surface area contributed by atoms with Crippen molar-refractivity contribution in [3.05, 3.63) is 0 Å². The second kappa shape index (κ2) is 2.67. The zero-order valence-electron chi connectivity index (χ0n) is 4.49. The third kappa shape index (κ3) is 1.67. The highest BCUT2D eigenvalue weighted by molar-refractivity contribution is 5.48. The molecule has 0 aromatic carbocycles. The standard InChI is InChI=1S/C3H6O/c1-2-3-4/h3H,2H2,1H3/i2D2. The molecule has 1 nitrogen and oxygen atoms in total. The quantitative estimate of drug-likeness (QED) is 0.405. The summed E-state index contributed by atoms with van der Waals surface area (Å²) < 4.78 is 13.0. The van der Waals surface area contributed by atoms with Crippen LogP contribution in [0.4, 0.5) is 0 Å². The largest absolute Gasteiger partial charge is 0.303 e. The van der Waals surface area contributed by atoms with Crippen LogP contribution in [0.15, 0.2) is 0 Å². The lowest BCUT2D eigenvalue weighted by atomic mass is 10.6. The molecule has 0 saturated heterocycles. The Morgan fingerprint density at radius 1 is 2.50 bits per heavy atom. The number of hydrogen-bond donors (Lipinski definition) is 0. The highest BCUT2D eigenvalue weighted by atomic mass is 16.1. The molecule has 0 aliphatic rings. The van der Waals surface area contributed by atoms with Gasteiger partial charge in [0.1, 0.15) is 6.29 Å². The molecule has 0 atom stereocenters. The minimum atomic E-state index is -1.64. The average molecular weight is 60.1 g/mol. The summed E-state index contributed by atoms with van der Waals surface area (Å²) in [5, 5.41) is 0. The molecule has 0 spiro atoms. The molecule has 0 radical (unpaired) electrons. The van der Waals surface area contributed by atoms with E-state index in [9.17, 15) is 4.79 Å². The summed E-state index contributed by atoms with van der Waals surface area (Å²) in [6.07, 6.45) is -1.37. The summed E-state index contributed by atoms with van der Waals surface area (Å²) in [5.74, 6) is 0. The van der Waals surface area contributed by atoms with Crippen LogP contribution in [0.3, 0.4) is 0 Å². The Kier molecular flexibility index (Phi) is 0.801. The highest BCUT2D eigenvalue weighted by Gasteiger charge is 1.52. The van der Waals surface area contributed by atoms with Gasteiger partial charge in [-0.25, -0.2) is 0 Å². The first-order valence-electron chi connectivity index (χ1n) is 2.02. The highest BCUT2D eigenvalue weighted by Crippen LogP contribution is 1.53. The first-order chi connectivity index (χ1) is 2.56. The van der Waals surface area contributed by atoms with Gasteiger partial charge in [0.25, 0.3) is 0 Å². The third-order valence-electron chi connectivity index (χ3n) is 0.118. The number of rotatable bonds is 1. The fourth-order valence-corrected chi connectivity index (χ4v) is 0. The average Bonchev–Trinajstić information content (AvgIpc) is 1.35. The van der Waals surface area contributed by atoms with E-state index >= 15 is 0 Å². The first kappa shape index (κ1) is 1.20. The Labute approximate surface area is 28.4 Å². The normalized spacial score (nSPS) is 17.2. The van der Waals surface area contributed by atoms with Gasteiger partial charge in [-0.1, -0.05) is 6.92 Å². The van der Waals surface area contributed by atoms with Crippen LogP contribution in [0.5, 0.6) is 0 Å². The molecule has 0 aliphatic heterocycles. The fraction of sp³-hybridized carbons (Fsp3) is 0.667. The molecule has 0 unspecified atom stereocenters. The van der Waals surface area contributed by atoms with Gasteiger partial charge in [-0.3, -0.25) is 0 Å². The van der Waals surface area contributed by atoms with Crippen molar-refractivity contribution in [1.29, 1.82) is 0 Å². The Morgan fingerprint density at radius 2 is 2.75 bits per heavy atom. The van der Waals surface area contributed by atoms with Crippen molar-refractivity contribution in [2.45, 2.75) is 13.3 Å². The van der Waals surface area contributed by atoms with Crippen LogP contribution < -0.4 is 0 Å². The van der Waals surface area contributed by atoms with Gasteiger partial charge in [0.2, 0.25) is 0 Å². The first-order valence-corrected chi connectivity index (χ1v) is 1.02. The minimum Gasteiger partial charge on any atom is -0.303 e. The Bertz CT molecular complexity index is 54.3. The van der Waals surface area contributed by atoms with Crippen molar-refractivity contribution in [3.8, 4) is 0 Å². The second-order valence-electron chi connectivity index (χ2n) is 0.407. The predicted octanol–water partition coefficient (Wildman–Crippen LogP) is 0.595. The van der Waals surface area contributed by atoms with Gasteiger partial charge in [-0.05, 0) is 0 Å². The number of aldehydes is 1. The van der Waals surface area contributed by atoms with Gasteiger partial charge in [-0.2, -0.15) is 0 Å². The predicted molar refractivity (Wildman–Crippen MR) is 16.4 cm³/mol. The van der Waals surface area contributed by atoms with Crippen molar-refractivity contribution in [2.24, 2.45) is 0 Å². The Balaban J connectivity index is 3.45. The summed E-state index contributed by atoms with van der Waals surface area (Å²) in [5.41, 5.74) is 0. The van der Waals surface area contributed by atoms with Crippen molar-refractivity contribution >= 4 is 6.29 Å². The van der Waals surface area contributed by atoms with Gasteiger partial charge in [0.05, 0.1) is 0 Å². The molecule has 0 heterocycles. The van der Waals surface area contributed by atoms with Crippen LogP contribution in [-0.4, -0.2) is 6.29 Å². The van der Waals surface area contributed by atoms with Crippen LogP contribution >= 0.6 is 0 Å². The molecular formula is C3H6O. The summed E-state index contributed by atoms with van der Waals surface area (Å²) >= 11 is 0. The molecule has 0 amide bonds. The van der Waals surface area contributed by atoms with E-state index in [4.69, 9.17) is 2.74 Å². The van der Waals surface area contributed by atoms with E-state index in [1.54, 1.807) is 0 Å². The van der Waals surface area contributed by atoms with Crippen LogP contribution in [0, 0.1) is 0 Å². The lowest BCUT2D eigenvalue weighted by Crippen LogP contribution is -1.55. The van der Waals surface area contributed by atoms with Gasteiger partial charge < -0.3 is 4.79 Å². The van der Waals surface area contributed by atoms with Crippen LogP contribution in [0.1, 0.15) is 16.0 Å². The maximum Gasteiger partial charge on any atom is 0.119 e. The van der Waals surface area contributed by atoms with Crippen molar-refractivity contribution in [3.63, 3.8) is 0 Å². The van der Waals surface area contributed by atoms with Crippen LogP contribution in [0.25, 0.3) is 0 Å². The SMILES string of the molecule is [2H]C([2H])(C)C=O. The summed E-state index contributed by atoms with van der Waals surface area (Å²) in [7, 11) is 0. The van der Waals surface area contributed by atoms with Gasteiger partial charge in [0, 0.05) is 9.11 Å². The molecule has 24 valence electrons. The topological polar surface area (TPSA) is 17.1 Å². The summed E-state index contributed by atoms with van der Waals surface area (Å²) in [4.78, 5) is 9.45. The molecular weight excluding hydrogens is 52.0 g/mol. The van der Waals surface area contributed by atoms with E-state index in [1.807, 2.05) is 0 Å². The molecule has 0 aromatic rings. The van der Waals surface area contributed by atoms with E-state index in [2.05, 4.69) is 0 Å². The van der Waals surface area contributed by atoms with Crippen LogP contribution in [-0.2, 0) is 4.79 Å². The van der Waals surface area contributed by atoms with Crippen molar-refractivity contribution in [1.82, 2.24) is 0 Å². The molecule has 1 heteroatoms. The monoisotopic (exact) mass is 60.1 g/mol. The van der Waals surface area contributed by atoms with E-state index in [0.29, 0.717) is 0 Å². The lowest BCUT2D eigenvalue weighted by Gasteiger charge is -1.51. The lowest BCUT2D eigenvalue weighted by molar-refractivity contribution is -0.107. The van der Waals surface area contributed by atoms with E-state index in [-0.39, 0.29) is 6.29 Å². The fourth-order valence-electron chi connectivity index (χ4n) is 0. The summed E-state index contributed by atoms with van der Waals surface area (Å²) in [6, 6.07) is 0. The number of hydrogen-bond acceptors (Lipinski definition) is 1. The maximum absolute atomic E-state index is 9.45. The summed E-state index contributed by atoms with van der Waals surface area (Å²) in [6.45, 7) is 1.21. The molecule has 0 rings (SSSR count). The third-order valence-corrected chi connectivity index (χ3v) is 0.118. The van der Waals surface area contributed by atoms with E-state index in [1.165, 1.54) is 6.92 Å². The van der Waals surface area contributed by atoms with Gasteiger partial charge >= 0.3 is 0 Å².